The minimum Gasteiger partial charge on any atom is -0.478 e. The van der Waals surface area contributed by atoms with Crippen molar-refractivity contribution in [2.24, 2.45) is 0 Å². The second-order valence-corrected chi connectivity index (χ2v) is 13.7. The molecule has 6 heteroatoms. The number of para-hydroxylation sites is 1. The molecule has 3 rings (SSSR count). The number of nitrogens with zero attached hydrogens (tertiary/aromatic N) is 1. The summed E-state index contributed by atoms with van der Waals surface area (Å²) in [6.45, 7) is 13.6. The Labute approximate surface area is 168 Å². The maximum atomic E-state index is 12.9. The highest BCUT2D eigenvalue weighted by molar-refractivity contribution is 6.74. The van der Waals surface area contributed by atoms with Crippen molar-refractivity contribution >= 4 is 14.2 Å². The number of likely N-dealkylation sites (tertiary alicyclic amines) is 1. The summed E-state index contributed by atoms with van der Waals surface area (Å²) in [7, 11) is -1.98. The topological polar surface area (TPSA) is 51.9 Å². The molecule has 0 unspecified atom stereocenters. The Kier molecular flexibility index (Phi) is 5.73. The van der Waals surface area contributed by atoms with E-state index in [1.807, 2.05) is 54.3 Å². The molecule has 28 heavy (non-hydrogen) atoms. The Balaban J connectivity index is 1.80. The highest BCUT2D eigenvalue weighted by atomic mass is 28.4. The highest BCUT2D eigenvalue weighted by Gasteiger charge is 2.54. The van der Waals surface area contributed by atoms with Crippen molar-refractivity contribution in [3.63, 3.8) is 0 Å². The van der Waals surface area contributed by atoms with Crippen LogP contribution in [0.4, 0.5) is 0 Å². The van der Waals surface area contributed by atoms with Gasteiger partial charge in [0.1, 0.15) is 17.6 Å². The van der Waals surface area contributed by atoms with Crippen LogP contribution in [0.2, 0.25) is 18.1 Å². The Bertz CT molecular complexity index is 783. The molecule has 0 aliphatic carbocycles. The summed E-state index contributed by atoms with van der Waals surface area (Å²) in [6, 6.07) is 13.0. The predicted molar refractivity (Wildman–Crippen MR) is 112 cm³/mol. The van der Waals surface area contributed by atoms with Gasteiger partial charge in [0.05, 0.1) is 18.9 Å². The zero-order chi connectivity index (χ0) is 20.5. The molecule has 0 saturated carbocycles. The Morgan fingerprint density at radius 2 is 1.82 bits per heavy atom. The van der Waals surface area contributed by atoms with Gasteiger partial charge in [0.15, 0.2) is 14.4 Å². The SMILES string of the molecule is C[C@H](O[Si](C)(C)C(C)(C)C)[C@@H]1[C@H](Oc2ccccc2)C(=O)N1Cc1ccco1. The average molecular weight is 402 g/mol. The third-order valence-corrected chi connectivity index (χ3v) is 10.5. The molecule has 1 aromatic carbocycles. The molecule has 0 bridgehead atoms. The van der Waals surface area contributed by atoms with Crippen LogP contribution in [0, 0.1) is 0 Å². The Morgan fingerprint density at radius 3 is 2.39 bits per heavy atom. The minimum atomic E-state index is -1.98. The zero-order valence-electron chi connectivity index (χ0n) is 17.6. The molecule has 0 radical (unpaired) electrons. The molecule has 0 spiro atoms. The number of β-lactam (4-membered cyclic amide) rings is 1. The third-order valence-electron chi connectivity index (χ3n) is 5.88. The number of hydrogen-bond acceptors (Lipinski definition) is 4. The number of furan rings is 1. The van der Waals surface area contributed by atoms with Crippen LogP contribution in [0.15, 0.2) is 53.1 Å². The number of hydrogen-bond donors (Lipinski definition) is 0. The number of carbonyl (C=O) groups is 1. The van der Waals surface area contributed by atoms with Crippen molar-refractivity contribution in [3.8, 4) is 5.75 Å². The molecule has 1 aliphatic heterocycles. The van der Waals surface area contributed by atoms with E-state index >= 15 is 0 Å². The van der Waals surface area contributed by atoms with E-state index in [1.165, 1.54) is 0 Å². The lowest BCUT2D eigenvalue weighted by Crippen LogP contribution is -2.71. The van der Waals surface area contributed by atoms with E-state index in [-0.39, 0.29) is 23.1 Å². The van der Waals surface area contributed by atoms with Gasteiger partial charge < -0.3 is 18.5 Å². The van der Waals surface area contributed by atoms with E-state index < -0.39 is 14.4 Å². The largest absolute Gasteiger partial charge is 0.478 e. The standard InChI is InChI=1S/C22H31NO4Si/c1-16(27-28(5,6)22(2,3)4)19-20(26-17-11-8-7-9-12-17)21(24)23(19)15-18-13-10-14-25-18/h7-14,16,19-20H,15H2,1-6H3/t16-,19+,20-/m0/s1. The molecule has 1 amide bonds. The van der Waals surface area contributed by atoms with Gasteiger partial charge in [-0.3, -0.25) is 4.79 Å². The summed E-state index contributed by atoms with van der Waals surface area (Å²) in [5.74, 6) is 1.43. The smallest absolute Gasteiger partial charge is 0.266 e. The van der Waals surface area contributed by atoms with Crippen LogP contribution in [-0.2, 0) is 15.8 Å². The van der Waals surface area contributed by atoms with E-state index in [0.717, 1.165) is 5.76 Å². The fraction of sp³-hybridized carbons (Fsp3) is 0.500. The maximum Gasteiger partial charge on any atom is 0.266 e. The molecule has 2 heterocycles. The normalized spacial score (nSPS) is 21.4. The van der Waals surface area contributed by atoms with Gasteiger partial charge in [0, 0.05) is 0 Å². The molecule has 2 aromatic rings. The molecule has 1 aliphatic rings. The first-order valence-corrected chi connectivity index (χ1v) is 12.7. The summed E-state index contributed by atoms with van der Waals surface area (Å²) < 4.78 is 18.1. The number of ether oxygens (including phenoxy) is 1. The van der Waals surface area contributed by atoms with Gasteiger partial charge in [-0.25, -0.2) is 0 Å². The zero-order valence-corrected chi connectivity index (χ0v) is 18.6. The Hall–Kier alpha value is -2.05. The highest BCUT2D eigenvalue weighted by Crippen LogP contribution is 2.39. The van der Waals surface area contributed by atoms with Crippen molar-refractivity contribution in [1.29, 1.82) is 0 Å². The predicted octanol–water partition coefficient (Wildman–Crippen LogP) is 4.85. The van der Waals surface area contributed by atoms with Gasteiger partial charge in [-0.05, 0) is 49.3 Å². The summed E-state index contributed by atoms with van der Waals surface area (Å²) in [5.41, 5.74) is 0. The second-order valence-electron chi connectivity index (χ2n) is 8.97. The Morgan fingerprint density at radius 1 is 1.14 bits per heavy atom. The van der Waals surface area contributed by atoms with Gasteiger partial charge in [0.25, 0.3) is 5.91 Å². The summed E-state index contributed by atoms with van der Waals surface area (Å²) in [4.78, 5) is 14.7. The van der Waals surface area contributed by atoms with E-state index in [1.54, 1.807) is 6.26 Å². The van der Waals surface area contributed by atoms with Gasteiger partial charge in [0.2, 0.25) is 0 Å². The van der Waals surface area contributed by atoms with Crippen LogP contribution in [0.1, 0.15) is 33.5 Å². The van der Waals surface area contributed by atoms with Crippen molar-refractivity contribution in [2.45, 2.75) is 70.6 Å². The molecule has 1 aromatic heterocycles. The quantitative estimate of drug-likeness (QED) is 0.492. The fourth-order valence-electron chi connectivity index (χ4n) is 3.27. The minimum absolute atomic E-state index is 0.0315. The third kappa shape index (κ3) is 4.18. The van der Waals surface area contributed by atoms with Crippen molar-refractivity contribution in [1.82, 2.24) is 4.90 Å². The van der Waals surface area contributed by atoms with Crippen molar-refractivity contribution < 1.29 is 18.4 Å². The average Bonchev–Trinajstić information content (AvgIpc) is 3.13. The molecular weight excluding hydrogens is 370 g/mol. The summed E-state index contributed by atoms with van der Waals surface area (Å²) in [6.07, 6.45) is 0.946. The molecule has 152 valence electrons. The van der Waals surface area contributed by atoms with E-state index in [9.17, 15) is 4.79 Å². The van der Waals surface area contributed by atoms with E-state index in [0.29, 0.717) is 12.3 Å². The van der Waals surface area contributed by atoms with Crippen LogP contribution in [0.3, 0.4) is 0 Å². The van der Waals surface area contributed by atoms with E-state index in [2.05, 4.69) is 33.9 Å². The summed E-state index contributed by atoms with van der Waals surface area (Å²) >= 11 is 0. The van der Waals surface area contributed by atoms with E-state index in [4.69, 9.17) is 13.6 Å². The number of amides is 1. The van der Waals surface area contributed by atoms with Crippen LogP contribution in [-0.4, -0.2) is 37.4 Å². The van der Waals surface area contributed by atoms with Crippen LogP contribution in [0.25, 0.3) is 0 Å². The molecule has 1 saturated heterocycles. The lowest BCUT2D eigenvalue weighted by molar-refractivity contribution is -0.173. The van der Waals surface area contributed by atoms with Crippen molar-refractivity contribution in [2.75, 3.05) is 0 Å². The molecule has 3 atom stereocenters. The van der Waals surface area contributed by atoms with Crippen molar-refractivity contribution in [3.05, 3.63) is 54.5 Å². The number of benzene rings is 1. The van der Waals surface area contributed by atoms with Crippen LogP contribution in [0.5, 0.6) is 5.75 Å². The first-order valence-electron chi connectivity index (χ1n) is 9.82. The lowest BCUT2D eigenvalue weighted by Gasteiger charge is -2.51. The van der Waals surface area contributed by atoms with Crippen LogP contribution >= 0.6 is 0 Å². The van der Waals surface area contributed by atoms with Gasteiger partial charge in [-0.15, -0.1) is 0 Å². The van der Waals surface area contributed by atoms with Gasteiger partial charge in [-0.1, -0.05) is 39.0 Å². The van der Waals surface area contributed by atoms with Crippen LogP contribution < -0.4 is 4.74 Å². The molecule has 1 fully saturated rings. The first-order chi connectivity index (χ1) is 13.1. The molecule has 0 N–H and O–H groups in total. The molecular formula is C22H31NO4Si. The summed E-state index contributed by atoms with van der Waals surface area (Å²) in [5, 5.41) is 0.0939. The molecule has 5 nitrogen and oxygen atoms in total. The maximum absolute atomic E-state index is 12.9. The van der Waals surface area contributed by atoms with Gasteiger partial charge >= 0.3 is 0 Å². The first kappa shape index (κ1) is 20.7. The second kappa shape index (κ2) is 7.76. The fourth-order valence-corrected chi connectivity index (χ4v) is 4.69. The number of rotatable bonds is 7. The lowest BCUT2D eigenvalue weighted by atomic mass is 9.93. The van der Waals surface area contributed by atoms with Gasteiger partial charge in [-0.2, -0.15) is 0 Å². The number of carbonyl (C=O) groups excluding carboxylic acids is 1. The monoisotopic (exact) mass is 401 g/mol.